The van der Waals surface area contributed by atoms with Crippen LogP contribution in [0.15, 0.2) is 18.2 Å². The van der Waals surface area contributed by atoms with Crippen LogP contribution in [0.4, 0.5) is 0 Å². The number of hydrogen-bond acceptors (Lipinski definition) is 4. The molecular weight excluding hydrogens is 242 g/mol. The van der Waals surface area contributed by atoms with Gasteiger partial charge in [-0.2, -0.15) is 0 Å². The SMILES string of the molecule is CN1CCC2(c3ccc(O)c(O)c3)CCC(=O)CC12. The standard InChI is InChI=1S/C15H19NO3/c1-16-7-6-15(5-4-11(17)9-14(15)16)10-2-3-12(18)13(19)8-10/h2-3,8,14,18-19H,4-7,9H2,1H3. The lowest BCUT2D eigenvalue weighted by atomic mass is 9.66. The van der Waals surface area contributed by atoms with Gasteiger partial charge in [-0.05, 0) is 44.1 Å². The van der Waals surface area contributed by atoms with E-state index in [0.717, 1.165) is 24.9 Å². The van der Waals surface area contributed by atoms with E-state index in [-0.39, 0.29) is 23.0 Å². The fourth-order valence-electron chi connectivity index (χ4n) is 3.76. The Hall–Kier alpha value is -1.55. The van der Waals surface area contributed by atoms with Gasteiger partial charge in [0.15, 0.2) is 11.5 Å². The van der Waals surface area contributed by atoms with Crippen molar-refractivity contribution in [3.8, 4) is 11.5 Å². The lowest BCUT2D eigenvalue weighted by Gasteiger charge is -2.41. The Morgan fingerprint density at radius 2 is 2.05 bits per heavy atom. The summed E-state index contributed by atoms with van der Waals surface area (Å²) in [4.78, 5) is 14.0. The summed E-state index contributed by atoms with van der Waals surface area (Å²) in [5, 5.41) is 19.2. The maximum absolute atomic E-state index is 11.7. The molecule has 1 aliphatic carbocycles. The molecule has 4 nitrogen and oxygen atoms in total. The first kappa shape index (κ1) is 12.5. The van der Waals surface area contributed by atoms with Gasteiger partial charge in [0.25, 0.3) is 0 Å². The predicted octanol–water partition coefficient (Wildman–Crippen LogP) is 1.79. The molecule has 4 heteroatoms. The highest BCUT2D eigenvalue weighted by atomic mass is 16.3. The van der Waals surface area contributed by atoms with E-state index in [0.29, 0.717) is 18.6 Å². The maximum atomic E-state index is 11.7. The van der Waals surface area contributed by atoms with E-state index in [1.807, 2.05) is 6.07 Å². The van der Waals surface area contributed by atoms with E-state index in [1.165, 1.54) is 0 Å². The second-order valence-electron chi connectivity index (χ2n) is 5.85. The fourth-order valence-corrected chi connectivity index (χ4v) is 3.76. The molecule has 1 aromatic carbocycles. The molecule has 1 heterocycles. The van der Waals surface area contributed by atoms with Gasteiger partial charge in [-0.1, -0.05) is 6.07 Å². The average molecular weight is 261 g/mol. The van der Waals surface area contributed by atoms with Crippen LogP contribution in [0.1, 0.15) is 31.2 Å². The van der Waals surface area contributed by atoms with Crippen LogP contribution >= 0.6 is 0 Å². The monoisotopic (exact) mass is 261 g/mol. The van der Waals surface area contributed by atoms with Gasteiger partial charge in [-0.25, -0.2) is 0 Å². The summed E-state index contributed by atoms with van der Waals surface area (Å²) in [5.41, 5.74) is 0.998. The van der Waals surface area contributed by atoms with Crippen LogP contribution in [0.25, 0.3) is 0 Å². The van der Waals surface area contributed by atoms with Crippen molar-refractivity contribution >= 4 is 5.78 Å². The molecule has 2 fully saturated rings. The van der Waals surface area contributed by atoms with Gasteiger partial charge in [-0.15, -0.1) is 0 Å². The van der Waals surface area contributed by atoms with E-state index in [1.54, 1.807) is 12.1 Å². The van der Waals surface area contributed by atoms with Crippen LogP contribution in [0.5, 0.6) is 11.5 Å². The number of aromatic hydroxyl groups is 2. The van der Waals surface area contributed by atoms with E-state index in [2.05, 4.69) is 11.9 Å². The summed E-state index contributed by atoms with van der Waals surface area (Å²) >= 11 is 0. The summed E-state index contributed by atoms with van der Waals surface area (Å²) in [6.45, 7) is 0.972. The Kier molecular flexibility index (Phi) is 2.78. The lowest BCUT2D eigenvalue weighted by molar-refractivity contribution is -0.122. The number of benzene rings is 1. The number of phenolic OH excluding ortho intramolecular Hbond substituents is 2. The summed E-state index contributed by atoms with van der Waals surface area (Å²) in [5.74, 6) is 0.171. The molecule has 0 amide bonds. The second-order valence-corrected chi connectivity index (χ2v) is 5.85. The van der Waals surface area contributed by atoms with Crippen molar-refractivity contribution in [1.29, 1.82) is 0 Å². The van der Waals surface area contributed by atoms with Gasteiger partial charge in [0.2, 0.25) is 0 Å². The van der Waals surface area contributed by atoms with Crippen molar-refractivity contribution in [2.24, 2.45) is 0 Å². The molecular formula is C15H19NO3. The number of rotatable bonds is 1. The molecule has 0 radical (unpaired) electrons. The molecule has 0 spiro atoms. The lowest BCUT2D eigenvalue weighted by Crippen LogP contribution is -2.46. The van der Waals surface area contributed by atoms with E-state index in [4.69, 9.17) is 0 Å². The number of phenols is 2. The number of carbonyl (C=O) groups is 1. The first-order valence-electron chi connectivity index (χ1n) is 6.77. The van der Waals surface area contributed by atoms with Gasteiger partial charge >= 0.3 is 0 Å². The minimum atomic E-state index is -0.0880. The van der Waals surface area contributed by atoms with Crippen LogP contribution in [0.2, 0.25) is 0 Å². The molecule has 0 aromatic heterocycles. The predicted molar refractivity (Wildman–Crippen MR) is 71.3 cm³/mol. The highest BCUT2D eigenvalue weighted by molar-refractivity contribution is 5.81. The summed E-state index contributed by atoms with van der Waals surface area (Å²) in [6.07, 6.45) is 3.06. The first-order chi connectivity index (χ1) is 9.03. The van der Waals surface area contributed by atoms with Crippen LogP contribution in [0.3, 0.4) is 0 Å². The first-order valence-corrected chi connectivity index (χ1v) is 6.77. The van der Waals surface area contributed by atoms with Gasteiger partial charge in [-0.3, -0.25) is 4.79 Å². The van der Waals surface area contributed by atoms with Gasteiger partial charge in [0.05, 0.1) is 0 Å². The Labute approximate surface area is 112 Å². The van der Waals surface area contributed by atoms with Crippen molar-refractivity contribution < 1.29 is 15.0 Å². The zero-order chi connectivity index (χ0) is 13.6. The van der Waals surface area contributed by atoms with E-state index in [9.17, 15) is 15.0 Å². The van der Waals surface area contributed by atoms with Crippen molar-refractivity contribution in [1.82, 2.24) is 4.90 Å². The zero-order valence-corrected chi connectivity index (χ0v) is 11.1. The number of likely N-dealkylation sites (tertiary alicyclic amines) is 1. The number of hydrogen-bond donors (Lipinski definition) is 2. The van der Waals surface area contributed by atoms with Crippen molar-refractivity contribution in [2.75, 3.05) is 13.6 Å². The molecule has 19 heavy (non-hydrogen) atoms. The van der Waals surface area contributed by atoms with Crippen LogP contribution in [0, 0.1) is 0 Å². The van der Waals surface area contributed by atoms with Crippen LogP contribution in [-0.4, -0.2) is 40.5 Å². The zero-order valence-electron chi connectivity index (χ0n) is 11.1. The highest BCUT2D eigenvalue weighted by Gasteiger charge is 2.50. The number of nitrogens with zero attached hydrogens (tertiary/aromatic N) is 1. The van der Waals surface area contributed by atoms with Crippen molar-refractivity contribution in [3.63, 3.8) is 0 Å². The normalized spacial score (nSPS) is 31.4. The summed E-state index contributed by atoms with van der Waals surface area (Å²) in [6, 6.07) is 5.32. The highest BCUT2D eigenvalue weighted by Crippen LogP contribution is 2.48. The third-order valence-electron chi connectivity index (χ3n) is 4.90. The molecule has 1 aliphatic heterocycles. The van der Waals surface area contributed by atoms with Crippen LogP contribution < -0.4 is 0 Å². The number of likely N-dealkylation sites (N-methyl/N-ethyl adjacent to an activating group) is 1. The van der Waals surface area contributed by atoms with Gasteiger partial charge in [0.1, 0.15) is 5.78 Å². The molecule has 2 aliphatic rings. The minimum Gasteiger partial charge on any atom is -0.504 e. The molecule has 102 valence electrons. The summed E-state index contributed by atoms with van der Waals surface area (Å²) < 4.78 is 0. The third kappa shape index (κ3) is 1.82. The quantitative estimate of drug-likeness (QED) is 0.757. The number of ketones is 1. The Bertz CT molecular complexity index is 528. The molecule has 2 atom stereocenters. The Balaban J connectivity index is 2.04. The topological polar surface area (TPSA) is 60.8 Å². The number of Topliss-reactive ketones (excluding diaryl/α,β-unsaturated/α-hetero) is 1. The third-order valence-corrected chi connectivity index (χ3v) is 4.90. The number of fused-ring (bicyclic) bond motifs is 1. The summed E-state index contributed by atoms with van der Waals surface area (Å²) in [7, 11) is 2.06. The Morgan fingerprint density at radius 1 is 1.26 bits per heavy atom. The maximum Gasteiger partial charge on any atom is 0.157 e. The average Bonchev–Trinajstić information content (AvgIpc) is 2.72. The molecule has 2 N–H and O–H groups in total. The molecule has 3 rings (SSSR count). The molecule has 1 aromatic rings. The van der Waals surface area contributed by atoms with Gasteiger partial charge in [0, 0.05) is 24.3 Å². The van der Waals surface area contributed by atoms with Crippen LogP contribution in [-0.2, 0) is 10.2 Å². The number of carbonyl (C=O) groups excluding carboxylic acids is 1. The Morgan fingerprint density at radius 3 is 2.79 bits per heavy atom. The molecule has 0 bridgehead atoms. The molecule has 1 saturated carbocycles. The van der Waals surface area contributed by atoms with Gasteiger partial charge < -0.3 is 15.1 Å². The smallest absolute Gasteiger partial charge is 0.157 e. The van der Waals surface area contributed by atoms with E-state index < -0.39 is 0 Å². The second kappa shape index (κ2) is 4.23. The van der Waals surface area contributed by atoms with Crippen molar-refractivity contribution in [3.05, 3.63) is 23.8 Å². The molecule has 2 unspecified atom stereocenters. The minimum absolute atomic E-state index is 0.0478. The van der Waals surface area contributed by atoms with Crippen molar-refractivity contribution in [2.45, 2.75) is 37.1 Å². The molecule has 1 saturated heterocycles. The van der Waals surface area contributed by atoms with E-state index >= 15 is 0 Å². The fraction of sp³-hybridized carbons (Fsp3) is 0.533. The largest absolute Gasteiger partial charge is 0.504 e.